The van der Waals surface area contributed by atoms with Gasteiger partial charge in [0.05, 0.1) is 5.69 Å². The molecule has 0 aliphatic carbocycles. The average molecular weight is 219 g/mol. The van der Waals surface area contributed by atoms with Crippen molar-refractivity contribution in [3.05, 3.63) is 17.8 Å². The minimum Gasteiger partial charge on any atom is -0.352 e. The Labute approximate surface area is 95.7 Å². The minimum absolute atomic E-state index is 0.0702. The van der Waals surface area contributed by atoms with Gasteiger partial charge in [0.25, 0.3) is 0 Å². The summed E-state index contributed by atoms with van der Waals surface area (Å²) in [5, 5.41) is 2.94. The molecule has 0 fully saturated rings. The van der Waals surface area contributed by atoms with Gasteiger partial charge in [-0.15, -0.1) is 0 Å². The van der Waals surface area contributed by atoms with Gasteiger partial charge in [-0.2, -0.15) is 0 Å². The van der Waals surface area contributed by atoms with Crippen molar-refractivity contribution in [2.45, 2.75) is 33.2 Å². The predicted octanol–water partition coefficient (Wildman–Crippen LogP) is 1.95. The zero-order valence-corrected chi connectivity index (χ0v) is 9.95. The van der Waals surface area contributed by atoms with E-state index in [1.54, 1.807) is 6.20 Å². The van der Waals surface area contributed by atoms with Crippen molar-refractivity contribution in [2.75, 3.05) is 16.8 Å². The van der Waals surface area contributed by atoms with Gasteiger partial charge in [-0.1, -0.05) is 0 Å². The molecule has 1 N–H and O–H groups in total. The van der Waals surface area contributed by atoms with Crippen LogP contribution >= 0.6 is 0 Å². The molecule has 0 radical (unpaired) electrons. The van der Waals surface area contributed by atoms with E-state index in [1.165, 1.54) is 0 Å². The van der Waals surface area contributed by atoms with Crippen molar-refractivity contribution in [3.8, 4) is 0 Å². The van der Waals surface area contributed by atoms with E-state index in [0.717, 1.165) is 23.6 Å². The number of nitrogens with one attached hydrogen (secondary N) is 1. The summed E-state index contributed by atoms with van der Waals surface area (Å²) >= 11 is 0. The van der Waals surface area contributed by atoms with Crippen LogP contribution in [0.5, 0.6) is 0 Å². The SMILES string of the molecule is CCN1c2nccc(C)c2NC(=O)CC1C. The van der Waals surface area contributed by atoms with Gasteiger partial charge in [-0.25, -0.2) is 4.98 Å². The van der Waals surface area contributed by atoms with E-state index >= 15 is 0 Å². The van der Waals surface area contributed by atoms with Crippen molar-refractivity contribution in [3.63, 3.8) is 0 Å². The lowest BCUT2D eigenvalue weighted by Crippen LogP contribution is -2.33. The van der Waals surface area contributed by atoms with E-state index in [9.17, 15) is 4.79 Å². The molecule has 4 nitrogen and oxygen atoms in total. The van der Waals surface area contributed by atoms with Crippen LogP contribution in [-0.4, -0.2) is 23.5 Å². The van der Waals surface area contributed by atoms with Crippen molar-refractivity contribution in [1.82, 2.24) is 4.98 Å². The van der Waals surface area contributed by atoms with Crippen molar-refractivity contribution < 1.29 is 4.79 Å². The van der Waals surface area contributed by atoms with E-state index in [2.05, 4.69) is 29.0 Å². The molecule has 1 atom stereocenters. The number of carbonyl (C=O) groups is 1. The van der Waals surface area contributed by atoms with Crippen LogP contribution in [-0.2, 0) is 4.79 Å². The molecule has 1 aliphatic rings. The van der Waals surface area contributed by atoms with Gasteiger partial charge >= 0.3 is 0 Å². The number of aromatic nitrogens is 1. The highest BCUT2D eigenvalue weighted by atomic mass is 16.1. The molecule has 1 aromatic heterocycles. The first-order valence-electron chi connectivity index (χ1n) is 5.65. The molecular formula is C12H17N3O. The van der Waals surface area contributed by atoms with Crippen molar-refractivity contribution in [2.24, 2.45) is 0 Å². The summed E-state index contributed by atoms with van der Waals surface area (Å²) in [5.41, 5.74) is 1.92. The molecule has 0 saturated carbocycles. The Balaban J connectivity index is 2.54. The molecule has 2 heterocycles. The van der Waals surface area contributed by atoms with Gasteiger partial charge in [0.2, 0.25) is 5.91 Å². The first-order valence-corrected chi connectivity index (χ1v) is 5.65. The van der Waals surface area contributed by atoms with Gasteiger partial charge in [0.15, 0.2) is 5.82 Å². The molecule has 0 aromatic carbocycles. The third-order valence-corrected chi connectivity index (χ3v) is 3.03. The highest BCUT2D eigenvalue weighted by Gasteiger charge is 2.25. The molecule has 0 saturated heterocycles. The molecule has 1 unspecified atom stereocenters. The van der Waals surface area contributed by atoms with Crippen LogP contribution in [0.2, 0.25) is 0 Å². The lowest BCUT2D eigenvalue weighted by atomic mass is 10.2. The van der Waals surface area contributed by atoms with Crippen LogP contribution < -0.4 is 10.2 Å². The lowest BCUT2D eigenvalue weighted by molar-refractivity contribution is -0.116. The zero-order chi connectivity index (χ0) is 11.7. The predicted molar refractivity (Wildman–Crippen MR) is 64.7 cm³/mol. The molecule has 0 spiro atoms. The first-order chi connectivity index (χ1) is 7.63. The molecule has 1 aromatic rings. The zero-order valence-electron chi connectivity index (χ0n) is 9.95. The number of aryl methyl sites for hydroxylation is 1. The Bertz CT molecular complexity index is 417. The summed E-state index contributed by atoms with van der Waals surface area (Å²) in [5.74, 6) is 0.960. The number of carbonyl (C=O) groups excluding carboxylic acids is 1. The van der Waals surface area contributed by atoms with E-state index in [-0.39, 0.29) is 11.9 Å². The molecule has 16 heavy (non-hydrogen) atoms. The normalized spacial score (nSPS) is 20.1. The van der Waals surface area contributed by atoms with Crippen LogP contribution in [0, 0.1) is 6.92 Å². The van der Waals surface area contributed by atoms with Crippen LogP contribution in [0.4, 0.5) is 11.5 Å². The second kappa shape index (κ2) is 4.12. The highest BCUT2D eigenvalue weighted by Crippen LogP contribution is 2.31. The number of fused-ring (bicyclic) bond motifs is 1. The number of pyridine rings is 1. The standard InChI is InChI=1S/C12H17N3O/c1-4-15-9(3)7-10(16)14-11-8(2)5-6-13-12(11)15/h5-6,9H,4,7H2,1-3H3,(H,14,16). The fourth-order valence-corrected chi connectivity index (χ4v) is 2.16. The third kappa shape index (κ3) is 1.75. The second-order valence-electron chi connectivity index (χ2n) is 4.21. The maximum Gasteiger partial charge on any atom is 0.226 e. The van der Waals surface area contributed by atoms with E-state index < -0.39 is 0 Å². The number of hydrogen-bond acceptors (Lipinski definition) is 3. The Hall–Kier alpha value is -1.58. The topological polar surface area (TPSA) is 45.2 Å². The van der Waals surface area contributed by atoms with Gasteiger partial charge in [0.1, 0.15) is 0 Å². The van der Waals surface area contributed by atoms with Crippen LogP contribution in [0.15, 0.2) is 12.3 Å². The lowest BCUT2D eigenvalue weighted by Gasteiger charge is -2.27. The molecule has 0 bridgehead atoms. The van der Waals surface area contributed by atoms with Gasteiger partial charge in [-0.3, -0.25) is 4.79 Å². The Morgan fingerprint density at radius 1 is 1.62 bits per heavy atom. The minimum atomic E-state index is 0.0702. The van der Waals surface area contributed by atoms with E-state index in [1.807, 2.05) is 13.0 Å². The van der Waals surface area contributed by atoms with E-state index in [0.29, 0.717) is 6.42 Å². The molecular weight excluding hydrogens is 202 g/mol. The highest BCUT2D eigenvalue weighted by molar-refractivity contribution is 5.96. The number of amides is 1. The second-order valence-corrected chi connectivity index (χ2v) is 4.21. The van der Waals surface area contributed by atoms with Gasteiger partial charge in [-0.05, 0) is 32.4 Å². The Morgan fingerprint density at radius 3 is 3.06 bits per heavy atom. The van der Waals surface area contributed by atoms with Crippen LogP contribution in [0.3, 0.4) is 0 Å². The summed E-state index contributed by atoms with van der Waals surface area (Å²) in [7, 11) is 0. The van der Waals surface area contributed by atoms with Crippen LogP contribution in [0.1, 0.15) is 25.8 Å². The average Bonchev–Trinajstić information content (AvgIpc) is 2.35. The molecule has 1 aliphatic heterocycles. The maximum absolute atomic E-state index is 11.7. The van der Waals surface area contributed by atoms with Crippen molar-refractivity contribution >= 4 is 17.4 Å². The Morgan fingerprint density at radius 2 is 2.38 bits per heavy atom. The summed E-state index contributed by atoms with van der Waals surface area (Å²) < 4.78 is 0. The van der Waals surface area contributed by atoms with Gasteiger partial charge < -0.3 is 10.2 Å². The summed E-state index contributed by atoms with van der Waals surface area (Å²) in [6, 6.07) is 2.11. The van der Waals surface area contributed by atoms with Gasteiger partial charge in [0, 0.05) is 25.2 Å². The maximum atomic E-state index is 11.7. The molecule has 2 rings (SSSR count). The summed E-state index contributed by atoms with van der Waals surface area (Å²) in [6.07, 6.45) is 2.31. The molecule has 86 valence electrons. The largest absolute Gasteiger partial charge is 0.352 e. The fourth-order valence-electron chi connectivity index (χ4n) is 2.16. The first kappa shape index (κ1) is 10.9. The van der Waals surface area contributed by atoms with E-state index in [4.69, 9.17) is 0 Å². The van der Waals surface area contributed by atoms with Crippen molar-refractivity contribution in [1.29, 1.82) is 0 Å². The quantitative estimate of drug-likeness (QED) is 0.785. The number of rotatable bonds is 1. The molecule has 4 heteroatoms. The summed E-state index contributed by atoms with van der Waals surface area (Å²) in [6.45, 7) is 6.99. The molecule has 1 amide bonds. The fraction of sp³-hybridized carbons (Fsp3) is 0.500. The number of hydrogen-bond donors (Lipinski definition) is 1. The number of anilines is 2. The number of nitrogens with zero attached hydrogens (tertiary/aromatic N) is 2. The Kier molecular flexibility index (Phi) is 2.81. The smallest absolute Gasteiger partial charge is 0.226 e. The summed E-state index contributed by atoms with van der Waals surface area (Å²) in [4.78, 5) is 18.3. The monoisotopic (exact) mass is 219 g/mol. The third-order valence-electron chi connectivity index (χ3n) is 3.03. The van der Waals surface area contributed by atoms with Crippen LogP contribution in [0.25, 0.3) is 0 Å².